The van der Waals surface area contributed by atoms with Gasteiger partial charge in [-0.3, -0.25) is 0 Å². The molecule has 1 aromatic rings. The van der Waals surface area contributed by atoms with Crippen molar-refractivity contribution < 1.29 is 9.47 Å². The van der Waals surface area contributed by atoms with Crippen molar-refractivity contribution in [1.82, 2.24) is 5.32 Å². The minimum absolute atomic E-state index is 0. The molecule has 1 saturated heterocycles. The molecule has 0 amide bonds. The molecule has 0 bridgehead atoms. The Hall–Kier alpha value is -0.770. The lowest BCUT2D eigenvalue weighted by Crippen LogP contribution is -2.16. The zero-order chi connectivity index (χ0) is 10.5. The lowest BCUT2D eigenvalue weighted by atomic mass is 10.2. The third kappa shape index (κ3) is 3.67. The predicted molar refractivity (Wildman–Crippen MR) is 66.3 cm³/mol. The van der Waals surface area contributed by atoms with Gasteiger partial charge in [-0.2, -0.15) is 0 Å². The molecule has 1 aliphatic heterocycles. The number of benzene rings is 1. The lowest BCUT2D eigenvalue weighted by Gasteiger charge is -2.10. The second-order valence-corrected chi connectivity index (χ2v) is 3.78. The first-order valence-corrected chi connectivity index (χ1v) is 5.34. The molecule has 1 atom stereocenters. The van der Waals surface area contributed by atoms with Gasteiger partial charge in [0.15, 0.2) is 0 Å². The van der Waals surface area contributed by atoms with Crippen molar-refractivity contribution in [3.63, 3.8) is 0 Å². The van der Waals surface area contributed by atoms with E-state index in [2.05, 4.69) is 11.4 Å². The summed E-state index contributed by atoms with van der Waals surface area (Å²) in [4.78, 5) is 0. The maximum absolute atomic E-state index is 5.77. The summed E-state index contributed by atoms with van der Waals surface area (Å²) < 4.78 is 10.9. The molecule has 3 nitrogen and oxygen atoms in total. The van der Waals surface area contributed by atoms with Gasteiger partial charge in [0.25, 0.3) is 0 Å². The average molecular weight is 244 g/mol. The highest BCUT2D eigenvalue weighted by molar-refractivity contribution is 5.85. The molecule has 1 fully saturated rings. The molecule has 4 heteroatoms. The number of hydrogen-bond acceptors (Lipinski definition) is 3. The standard InChI is InChI=1S/C12H17NO2.ClH/c1-14-11-4-2-3-10(7-11)9-15-12-5-6-13-8-12;/h2-4,7,12-13H,5-6,8-9H2,1H3;1H/t12-;/m1./s1. The van der Waals surface area contributed by atoms with Crippen molar-refractivity contribution in [3.8, 4) is 5.75 Å². The van der Waals surface area contributed by atoms with Crippen LogP contribution in [0.2, 0.25) is 0 Å². The zero-order valence-corrected chi connectivity index (χ0v) is 10.3. The Bertz CT molecular complexity index is 314. The Morgan fingerprint density at radius 2 is 2.31 bits per heavy atom. The van der Waals surface area contributed by atoms with Crippen LogP contribution in [0.5, 0.6) is 5.75 Å². The van der Waals surface area contributed by atoms with Crippen LogP contribution in [0.3, 0.4) is 0 Å². The first-order valence-electron chi connectivity index (χ1n) is 5.34. The third-order valence-electron chi connectivity index (χ3n) is 2.63. The van der Waals surface area contributed by atoms with Gasteiger partial charge in [0.1, 0.15) is 5.75 Å². The summed E-state index contributed by atoms with van der Waals surface area (Å²) in [5.74, 6) is 0.889. The van der Waals surface area contributed by atoms with E-state index in [0.29, 0.717) is 12.7 Å². The number of rotatable bonds is 4. The molecular formula is C12H18ClNO2. The van der Waals surface area contributed by atoms with Crippen LogP contribution in [0.1, 0.15) is 12.0 Å². The highest BCUT2D eigenvalue weighted by atomic mass is 35.5. The van der Waals surface area contributed by atoms with Crippen LogP contribution >= 0.6 is 12.4 Å². The summed E-state index contributed by atoms with van der Waals surface area (Å²) in [6.45, 7) is 2.72. The normalized spacial score (nSPS) is 19.2. The smallest absolute Gasteiger partial charge is 0.119 e. The van der Waals surface area contributed by atoms with Crippen molar-refractivity contribution in [1.29, 1.82) is 0 Å². The van der Waals surface area contributed by atoms with Gasteiger partial charge in [-0.15, -0.1) is 12.4 Å². The number of halogens is 1. The van der Waals surface area contributed by atoms with E-state index in [1.54, 1.807) is 7.11 Å². The van der Waals surface area contributed by atoms with E-state index in [0.717, 1.165) is 25.3 Å². The molecule has 0 aromatic heterocycles. The van der Waals surface area contributed by atoms with Crippen LogP contribution in [0.15, 0.2) is 24.3 Å². The van der Waals surface area contributed by atoms with Gasteiger partial charge in [0.05, 0.1) is 19.8 Å². The van der Waals surface area contributed by atoms with Crippen LogP contribution in [0.4, 0.5) is 0 Å². The van der Waals surface area contributed by atoms with Gasteiger partial charge in [-0.1, -0.05) is 12.1 Å². The van der Waals surface area contributed by atoms with E-state index in [9.17, 15) is 0 Å². The molecule has 16 heavy (non-hydrogen) atoms. The molecule has 0 saturated carbocycles. The minimum atomic E-state index is 0. The number of nitrogens with one attached hydrogen (secondary N) is 1. The molecule has 1 heterocycles. The highest BCUT2D eigenvalue weighted by Gasteiger charge is 2.14. The van der Waals surface area contributed by atoms with Crippen LogP contribution in [0.25, 0.3) is 0 Å². The maximum Gasteiger partial charge on any atom is 0.119 e. The molecule has 1 N–H and O–H groups in total. The Labute approximate surface area is 103 Å². The summed E-state index contributed by atoms with van der Waals surface area (Å²) in [6.07, 6.45) is 1.49. The van der Waals surface area contributed by atoms with E-state index in [-0.39, 0.29) is 12.4 Å². The third-order valence-corrected chi connectivity index (χ3v) is 2.63. The molecule has 1 aromatic carbocycles. The number of ether oxygens (including phenoxy) is 2. The van der Waals surface area contributed by atoms with E-state index in [1.165, 1.54) is 5.56 Å². The fourth-order valence-electron chi connectivity index (χ4n) is 1.75. The van der Waals surface area contributed by atoms with Gasteiger partial charge in [-0.05, 0) is 30.7 Å². The Morgan fingerprint density at radius 3 is 3.00 bits per heavy atom. The Balaban J connectivity index is 0.00000128. The van der Waals surface area contributed by atoms with E-state index in [4.69, 9.17) is 9.47 Å². The zero-order valence-electron chi connectivity index (χ0n) is 9.44. The van der Waals surface area contributed by atoms with Crippen molar-refractivity contribution in [2.45, 2.75) is 19.1 Å². The molecular weight excluding hydrogens is 226 g/mol. The van der Waals surface area contributed by atoms with Crippen molar-refractivity contribution in [3.05, 3.63) is 29.8 Å². The predicted octanol–water partition coefficient (Wildman–Crippen LogP) is 2.00. The second-order valence-electron chi connectivity index (χ2n) is 3.78. The van der Waals surface area contributed by atoms with Crippen molar-refractivity contribution >= 4 is 12.4 Å². The Kier molecular flexibility index (Phi) is 5.60. The topological polar surface area (TPSA) is 30.5 Å². The van der Waals surface area contributed by atoms with E-state index in [1.807, 2.05) is 18.2 Å². The maximum atomic E-state index is 5.77. The molecule has 0 unspecified atom stereocenters. The average Bonchev–Trinajstić information content (AvgIpc) is 2.79. The first-order chi connectivity index (χ1) is 7.38. The second kappa shape index (κ2) is 6.74. The fourth-order valence-corrected chi connectivity index (χ4v) is 1.75. The highest BCUT2D eigenvalue weighted by Crippen LogP contribution is 2.14. The monoisotopic (exact) mass is 243 g/mol. The molecule has 90 valence electrons. The van der Waals surface area contributed by atoms with Gasteiger partial charge in [0.2, 0.25) is 0 Å². The molecule has 1 aliphatic rings. The largest absolute Gasteiger partial charge is 0.497 e. The molecule has 0 radical (unpaired) electrons. The van der Waals surface area contributed by atoms with Crippen LogP contribution in [-0.4, -0.2) is 26.3 Å². The minimum Gasteiger partial charge on any atom is -0.497 e. The van der Waals surface area contributed by atoms with E-state index < -0.39 is 0 Å². The van der Waals surface area contributed by atoms with Gasteiger partial charge in [-0.25, -0.2) is 0 Å². The Morgan fingerprint density at radius 1 is 1.44 bits per heavy atom. The molecule has 0 aliphatic carbocycles. The van der Waals surface area contributed by atoms with Crippen LogP contribution in [0, 0.1) is 0 Å². The quantitative estimate of drug-likeness (QED) is 0.878. The SMILES string of the molecule is COc1cccc(CO[C@@H]2CCNC2)c1.Cl. The molecule has 2 rings (SSSR count). The summed E-state index contributed by atoms with van der Waals surface area (Å²) in [7, 11) is 1.68. The number of hydrogen-bond donors (Lipinski definition) is 1. The van der Waals surface area contributed by atoms with E-state index >= 15 is 0 Å². The first kappa shape index (κ1) is 13.3. The van der Waals surface area contributed by atoms with Crippen molar-refractivity contribution in [2.24, 2.45) is 0 Å². The number of methoxy groups -OCH3 is 1. The van der Waals surface area contributed by atoms with Gasteiger partial charge in [0, 0.05) is 6.54 Å². The van der Waals surface area contributed by atoms with Crippen LogP contribution in [-0.2, 0) is 11.3 Å². The van der Waals surface area contributed by atoms with Gasteiger partial charge < -0.3 is 14.8 Å². The lowest BCUT2D eigenvalue weighted by molar-refractivity contribution is 0.0541. The summed E-state index contributed by atoms with van der Waals surface area (Å²) >= 11 is 0. The summed E-state index contributed by atoms with van der Waals surface area (Å²) in [5.41, 5.74) is 1.17. The summed E-state index contributed by atoms with van der Waals surface area (Å²) in [5, 5.41) is 3.28. The fraction of sp³-hybridized carbons (Fsp3) is 0.500. The summed E-state index contributed by atoms with van der Waals surface area (Å²) in [6, 6.07) is 8.01. The van der Waals surface area contributed by atoms with Crippen molar-refractivity contribution in [2.75, 3.05) is 20.2 Å². The molecule has 0 spiro atoms. The van der Waals surface area contributed by atoms with Crippen LogP contribution < -0.4 is 10.1 Å². The van der Waals surface area contributed by atoms with Gasteiger partial charge >= 0.3 is 0 Å².